The number of amides is 1. The molecule has 0 spiro atoms. The number of nitrogens with zero attached hydrogens (tertiary/aromatic N) is 1. The van der Waals surface area contributed by atoms with Crippen LogP contribution in [0.5, 0.6) is 0 Å². The van der Waals surface area contributed by atoms with E-state index in [1.54, 1.807) is 0 Å². The van der Waals surface area contributed by atoms with Gasteiger partial charge in [0.05, 0.1) is 12.1 Å². The highest BCUT2D eigenvalue weighted by Crippen LogP contribution is 2.34. The molecule has 2 bridgehead atoms. The SMILES string of the molecule is O=C1CCCNC2CCC3CC[C@@H]1N3C2=O. The summed E-state index contributed by atoms with van der Waals surface area (Å²) < 4.78 is 0. The molecule has 3 aliphatic heterocycles. The van der Waals surface area contributed by atoms with Gasteiger partial charge in [-0.25, -0.2) is 0 Å². The van der Waals surface area contributed by atoms with Crippen molar-refractivity contribution in [2.24, 2.45) is 0 Å². The topological polar surface area (TPSA) is 49.4 Å². The van der Waals surface area contributed by atoms with Gasteiger partial charge in [0, 0.05) is 12.5 Å². The van der Waals surface area contributed by atoms with Gasteiger partial charge in [-0.3, -0.25) is 9.59 Å². The number of hydrogen-bond acceptors (Lipinski definition) is 3. The minimum absolute atomic E-state index is 0.0252. The van der Waals surface area contributed by atoms with Gasteiger partial charge in [-0.2, -0.15) is 0 Å². The van der Waals surface area contributed by atoms with Gasteiger partial charge in [-0.05, 0) is 38.6 Å². The van der Waals surface area contributed by atoms with Crippen LogP contribution >= 0.6 is 0 Å². The largest absolute Gasteiger partial charge is 0.328 e. The molecule has 0 aromatic heterocycles. The molecule has 1 amide bonds. The molecule has 3 saturated heterocycles. The van der Waals surface area contributed by atoms with E-state index in [1.807, 2.05) is 4.90 Å². The number of piperidine rings is 1. The summed E-state index contributed by atoms with van der Waals surface area (Å²) in [6, 6.07) is 0.223. The molecule has 3 aliphatic rings. The fourth-order valence-corrected chi connectivity index (χ4v) is 3.37. The van der Waals surface area contributed by atoms with Crippen LogP contribution in [0.15, 0.2) is 0 Å². The maximum absolute atomic E-state index is 12.3. The molecule has 4 heteroatoms. The maximum atomic E-state index is 12.3. The molecular weight excluding hydrogens is 204 g/mol. The Bertz CT molecular complexity index is 329. The second kappa shape index (κ2) is 3.84. The van der Waals surface area contributed by atoms with Gasteiger partial charge < -0.3 is 10.2 Å². The van der Waals surface area contributed by atoms with Gasteiger partial charge in [0.25, 0.3) is 0 Å². The smallest absolute Gasteiger partial charge is 0.240 e. The van der Waals surface area contributed by atoms with E-state index in [-0.39, 0.29) is 23.8 Å². The van der Waals surface area contributed by atoms with Gasteiger partial charge in [0.2, 0.25) is 5.91 Å². The van der Waals surface area contributed by atoms with Crippen LogP contribution in [0, 0.1) is 0 Å². The number of fused-ring (bicyclic) bond motifs is 1. The van der Waals surface area contributed by atoms with Crippen LogP contribution < -0.4 is 5.32 Å². The van der Waals surface area contributed by atoms with E-state index in [0.29, 0.717) is 12.5 Å². The predicted octanol–water partition coefficient (Wildman–Crippen LogP) is 0.461. The van der Waals surface area contributed by atoms with E-state index in [0.717, 1.165) is 38.6 Å². The average Bonchev–Trinajstić information content (AvgIpc) is 2.70. The standard InChI is InChI=1S/C12H18N2O2/c15-11-2-1-7-13-9-5-3-8-4-6-10(11)14(8)12(9)16/h8-10,13H,1-7H2/t8?,9?,10-/m0/s1. The zero-order chi connectivity index (χ0) is 11.1. The third-order valence-electron chi connectivity index (χ3n) is 4.21. The van der Waals surface area contributed by atoms with E-state index in [1.165, 1.54) is 0 Å². The number of carbonyl (C=O) groups is 2. The predicted molar refractivity (Wildman–Crippen MR) is 58.9 cm³/mol. The fraction of sp³-hybridized carbons (Fsp3) is 0.833. The molecule has 3 rings (SSSR count). The van der Waals surface area contributed by atoms with Crippen molar-refractivity contribution in [3.8, 4) is 0 Å². The number of hydrogen-bond donors (Lipinski definition) is 1. The molecule has 1 N–H and O–H groups in total. The first kappa shape index (κ1) is 10.3. The van der Waals surface area contributed by atoms with Crippen molar-refractivity contribution in [1.82, 2.24) is 10.2 Å². The Morgan fingerprint density at radius 3 is 2.81 bits per heavy atom. The fourth-order valence-electron chi connectivity index (χ4n) is 3.37. The molecule has 3 fully saturated rings. The number of carbonyl (C=O) groups excluding carboxylic acids is 2. The molecule has 16 heavy (non-hydrogen) atoms. The van der Waals surface area contributed by atoms with E-state index < -0.39 is 0 Å². The summed E-state index contributed by atoms with van der Waals surface area (Å²) in [5, 5.41) is 3.29. The van der Waals surface area contributed by atoms with Crippen LogP contribution in [-0.4, -0.2) is 41.3 Å². The number of ketones is 1. The first-order chi connectivity index (χ1) is 7.77. The molecular formula is C12H18N2O2. The molecule has 0 aromatic rings. The summed E-state index contributed by atoms with van der Waals surface area (Å²) in [5.41, 5.74) is 0. The van der Waals surface area contributed by atoms with E-state index in [2.05, 4.69) is 5.32 Å². The van der Waals surface area contributed by atoms with Crippen LogP contribution in [-0.2, 0) is 9.59 Å². The highest BCUT2D eigenvalue weighted by molar-refractivity contribution is 5.92. The van der Waals surface area contributed by atoms with Gasteiger partial charge in [0.15, 0.2) is 5.78 Å². The normalized spacial score (nSPS) is 39.2. The second-order valence-corrected chi connectivity index (χ2v) is 5.15. The molecule has 0 radical (unpaired) electrons. The summed E-state index contributed by atoms with van der Waals surface area (Å²) >= 11 is 0. The minimum atomic E-state index is -0.0970. The second-order valence-electron chi connectivity index (χ2n) is 5.15. The summed E-state index contributed by atoms with van der Waals surface area (Å²) in [6.07, 6.45) is 5.42. The summed E-state index contributed by atoms with van der Waals surface area (Å²) in [7, 11) is 0. The van der Waals surface area contributed by atoms with Crippen molar-refractivity contribution in [3.63, 3.8) is 0 Å². The van der Waals surface area contributed by atoms with Crippen LogP contribution in [0.1, 0.15) is 38.5 Å². The van der Waals surface area contributed by atoms with E-state index in [9.17, 15) is 9.59 Å². The van der Waals surface area contributed by atoms with Crippen molar-refractivity contribution in [2.75, 3.05) is 6.54 Å². The summed E-state index contributed by atoms with van der Waals surface area (Å²) in [6.45, 7) is 0.799. The Kier molecular flexibility index (Phi) is 2.46. The van der Waals surface area contributed by atoms with Crippen molar-refractivity contribution in [1.29, 1.82) is 0 Å². The van der Waals surface area contributed by atoms with E-state index >= 15 is 0 Å². The molecule has 0 aromatic carbocycles. The lowest BCUT2D eigenvalue weighted by atomic mass is 9.98. The Hall–Kier alpha value is -0.900. The first-order valence-corrected chi connectivity index (χ1v) is 6.35. The van der Waals surface area contributed by atoms with Gasteiger partial charge >= 0.3 is 0 Å². The minimum Gasteiger partial charge on any atom is -0.328 e. The van der Waals surface area contributed by atoms with Crippen molar-refractivity contribution < 1.29 is 9.59 Å². The molecule has 4 nitrogen and oxygen atoms in total. The molecule has 3 heterocycles. The number of rotatable bonds is 0. The number of Topliss-reactive ketones (excluding diaryl/α,β-unsaturated/α-hetero) is 1. The van der Waals surface area contributed by atoms with Crippen LogP contribution in [0.2, 0.25) is 0 Å². The third kappa shape index (κ3) is 1.47. The molecule has 2 unspecified atom stereocenters. The van der Waals surface area contributed by atoms with E-state index in [4.69, 9.17) is 0 Å². The zero-order valence-electron chi connectivity index (χ0n) is 9.45. The van der Waals surface area contributed by atoms with Gasteiger partial charge in [0.1, 0.15) is 0 Å². The van der Waals surface area contributed by atoms with Crippen LogP contribution in [0.4, 0.5) is 0 Å². The quantitative estimate of drug-likeness (QED) is 0.648. The molecule has 0 aliphatic carbocycles. The Morgan fingerprint density at radius 2 is 1.94 bits per heavy atom. The Labute approximate surface area is 95.4 Å². The molecule has 3 atom stereocenters. The Balaban J connectivity index is 1.92. The van der Waals surface area contributed by atoms with Gasteiger partial charge in [-0.15, -0.1) is 0 Å². The first-order valence-electron chi connectivity index (χ1n) is 6.35. The van der Waals surface area contributed by atoms with Crippen molar-refractivity contribution in [3.05, 3.63) is 0 Å². The highest BCUT2D eigenvalue weighted by Gasteiger charge is 2.45. The van der Waals surface area contributed by atoms with Crippen LogP contribution in [0.3, 0.4) is 0 Å². The van der Waals surface area contributed by atoms with Gasteiger partial charge in [-0.1, -0.05) is 0 Å². The van der Waals surface area contributed by atoms with Crippen molar-refractivity contribution in [2.45, 2.75) is 56.7 Å². The third-order valence-corrected chi connectivity index (χ3v) is 4.21. The monoisotopic (exact) mass is 222 g/mol. The van der Waals surface area contributed by atoms with Crippen molar-refractivity contribution >= 4 is 11.7 Å². The lowest BCUT2D eigenvalue weighted by Gasteiger charge is -2.37. The molecule has 88 valence electrons. The summed E-state index contributed by atoms with van der Waals surface area (Å²) in [4.78, 5) is 26.1. The van der Waals surface area contributed by atoms with Crippen LogP contribution in [0.25, 0.3) is 0 Å². The lowest BCUT2D eigenvalue weighted by molar-refractivity contribution is -0.143. The molecule has 0 saturated carbocycles. The number of nitrogens with one attached hydrogen (secondary N) is 1. The highest BCUT2D eigenvalue weighted by atomic mass is 16.2. The zero-order valence-corrected chi connectivity index (χ0v) is 9.45. The average molecular weight is 222 g/mol. The lowest BCUT2D eigenvalue weighted by Crippen LogP contribution is -2.55. The maximum Gasteiger partial charge on any atom is 0.240 e. The summed E-state index contributed by atoms with van der Waals surface area (Å²) in [5.74, 6) is 0.453. The Morgan fingerprint density at radius 1 is 1.12 bits per heavy atom.